The molecule has 0 bridgehead atoms. The van der Waals surface area contributed by atoms with Gasteiger partial charge in [-0.1, -0.05) is 12.1 Å². The molecule has 10 heteroatoms. The monoisotopic (exact) mass is 446 g/mol. The van der Waals surface area contributed by atoms with Crippen LogP contribution in [0.25, 0.3) is 0 Å². The average Bonchev–Trinajstić information content (AvgIpc) is 2.98. The van der Waals surface area contributed by atoms with Crippen molar-refractivity contribution >= 4 is 29.4 Å². The lowest BCUT2D eigenvalue weighted by Gasteiger charge is -2.15. The van der Waals surface area contributed by atoms with Crippen LogP contribution >= 0.6 is 0 Å². The number of nitrogens with one attached hydrogen (secondary N) is 1. The second-order valence-corrected chi connectivity index (χ2v) is 6.89. The molecule has 0 fully saturated rings. The Kier molecular flexibility index (Phi) is 6.15. The standard InChI is InChI=1S/C22H17F3N2O5/c1-3-9-27-19(29)16-8-7-13(10-17(16)20(27)30)21(31)32-12(2)18(28)26-15-6-4-5-14(11-15)22(23,24)25/h3-8,10-12H,1,9H2,2H3,(H,26,28). The Morgan fingerprint density at radius 2 is 1.81 bits per heavy atom. The van der Waals surface area contributed by atoms with Gasteiger partial charge in [0.05, 0.1) is 22.3 Å². The van der Waals surface area contributed by atoms with E-state index in [2.05, 4.69) is 11.9 Å². The van der Waals surface area contributed by atoms with Crippen molar-refractivity contribution in [2.24, 2.45) is 0 Å². The number of hydrogen-bond acceptors (Lipinski definition) is 5. The summed E-state index contributed by atoms with van der Waals surface area (Å²) < 4.78 is 43.5. The molecule has 0 saturated heterocycles. The minimum atomic E-state index is -4.58. The molecular weight excluding hydrogens is 429 g/mol. The molecule has 1 N–H and O–H groups in total. The lowest BCUT2D eigenvalue weighted by atomic mass is 10.1. The second kappa shape index (κ2) is 8.66. The first-order chi connectivity index (χ1) is 15.0. The summed E-state index contributed by atoms with van der Waals surface area (Å²) in [6, 6.07) is 7.79. The molecule has 0 aromatic heterocycles. The molecular formula is C22H17F3N2O5. The molecule has 1 aliphatic heterocycles. The van der Waals surface area contributed by atoms with Crippen molar-refractivity contribution in [1.29, 1.82) is 0 Å². The Hall–Kier alpha value is -3.95. The number of alkyl halides is 3. The molecule has 3 amide bonds. The normalized spacial score (nSPS) is 14.1. The Bertz CT molecular complexity index is 1130. The fourth-order valence-electron chi connectivity index (χ4n) is 3.01. The van der Waals surface area contributed by atoms with Crippen LogP contribution in [0.15, 0.2) is 55.1 Å². The third-order valence-electron chi connectivity index (χ3n) is 4.63. The van der Waals surface area contributed by atoms with Gasteiger partial charge in [0, 0.05) is 12.2 Å². The summed E-state index contributed by atoms with van der Waals surface area (Å²) in [6.07, 6.45) is -4.53. The largest absolute Gasteiger partial charge is 0.449 e. The van der Waals surface area contributed by atoms with Crippen molar-refractivity contribution in [1.82, 2.24) is 4.90 Å². The number of hydrogen-bond donors (Lipinski definition) is 1. The van der Waals surface area contributed by atoms with Crippen LogP contribution in [0.4, 0.5) is 18.9 Å². The number of esters is 1. The zero-order valence-corrected chi connectivity index (χ0v) is 16.7. The van der Waals surface area contributed by atoms with Gasteiger partial charge in [0.25, 0.3) is 17.7 Å². The van der Waals surface area contributed by atoms with Crippen LogP contribution < -0.4 is 5.32 Å². The molecule has 2 aromatic carbocycles. The molecule has 0 saturated carbocycles. The Labute approximate surface area is 180 Å². The Balaban J connectivity index is 1.69. The first-order valence-electron chi connectivity index (χ1n) is 9.33. The van der Waals surface area contributed by atoms with Crippen molar-refractivity contribution in [2.45, 2.75) is 19.2 Å². The molecule has 1 heterocycles. The summed E-state index contributed by atoms with van der Waals surface area (Å²) >= 11 is 0. The Morgan fingerprint density at radius 3 is 2.47 bits per heavy atom. The van der Waals surface area contributed by atoms with Crippen LogP contribution in [0.3, 0.4) is 0 Å². The zero-order chi connectivity index (χ0) is 23.6. The van der Waals surface area contributed by atoms with E-state index in [1.807, 2.05) is 0 Å². The van der Waals surface area contributed by atoms with Crippen LogP contribution in [0.2, 0.25) is 0 Å². The van der Waals surface area contributed by atoms with Gasteiger partial charge in [0.15, 0.2) is 6.10 Å². The molecule has 7 nitrogen and oxygen atoms in total. The fraction of sp³-hybridized carbons (Fsp3) is 0.182. The minimum Gasteiger partial charge on any atom is -0.449 e. The molecule has 0 aliphatic carbocycles. The minimum absolute atomic E-state index is 0.0128. The highest BCUT2D eigenvalue weighted by Gasteiger charge is 2.35. The molecule has 1 aliphatic rings. The summed E-state index contributed by atoms with van der Waals surface area (Å²) in [5.41, 5.74) is -0.973. The van der Waals surface area contributed by atoms with Crippen LogP contribution in [-0.2, 0) is 15.7 Å². The third-order valence-corrected chi connectivity index (χ3v) is 4.63. The average molecular weight is 446 g/mol. The first kappa shape index (κ1) is 22.7. The SMILES string of the molecule is C=CCN1C(=O)c2ccc(C(=O)OC(C)C(=O)Nc3cccc(C(F)(F)F)c3)cc2C1=O. The quantitative estimate of drug-likeness (QED) is 0.415. The first-order valence-corrected chi connectivity index (χ1v) is 9.33. The van der Waals surface area contributed by atoms with Gasteiger partial charge >= 0.3 is 12.1 Å². The summed E-state index contributed by atoms with van der Waals surface area (Å²) in [4.78, 5) is 50.2. The number of halogens is 3. The maximum atomic E-state index is 12.8. The predicted octanol–water partition coefficient (Wildman–Crippen LogP) is 3.67. The predicted molar refractivity (Wildman–Crippen MR) is 107 cm³/mol. The summed E-state index contributed by atoms with van der Waals surface area (Å²) in [5, 5.41) is 2.25. The van der Waals surface area contributed by atoms with Crippen LogP contribution in [0.5, 0.6) is 0 Å². The number of carbonyl (C=O) groups excluding carboxylic acids is 4. The summed E-state index contributed by atoms with van der Waals surface area (Å²) in [7, 11) is 0. The number of anilines is 1. The van der Waals surface area contributed by atoms with Gasteiger partial charge in [-0.05, 0) is 43.3 Å². The number of nitrogens with zero attached hydrogens (tertiary/aromatic N) is 1. The lowest BCUT2D eigenvalue weighted by Crippen LogP contribution is -2.30. The fourth-order valence-corrected chi connectivity index (χ4v) is 3.01. The van der Waals surface area contributed by atoms with Gasteiger partial charge in [-0.3, -0.25) is 19.3 Å². The number of fused-ring (bicyclic) bond motifs is 1. The van der Waals surface area contributed by atoms with E-state index in [9.17, 15) is 32.3 Å². The van der Waals surface area contributed by atoms with E-state index in [1.54, 1.807) is 0 Å². The van der Waals surface area contributed by atoms with Gasteiger partial charge < -0.3 is 10.1 Å². The molecule has 32 heavy (non-hydrogen) atoms. The van der Waals surface area contributed by atoms with Crippen LogP contribution in [0.1, 0.15) is 43.6 Å². The molecule has 166 valence electrons. The Morgan fingerprint density at radius 1 is 1.12 bits per heavy atom. The number of imide groups is 1. The molecule has 2 aromatic rings. The van der Waals surface area contributed by atoms with Gasteiger partial charge in [0.2, 0.25) is 0 Å². The van der Waals surface area contributed by atoms with Crippen molar-refractivity contribution < 1.29 is 37.1 Å². The third kappa shape index (κ3) is 4.53. The van der Waals surface area contributed by atoms with Crippen molar-refractivity contribution in [2.75, 3.05) is 11.9 Å². The van der Waals surface area contributed by atoms with E-state index in [-0.39, 0.29) is 28.9 Å². The van der Waals surface area contributed by atoms with E-state index in [0.29, 0.717) is 0 Å². The van der Waals surface area contributed by atoms with Gasteiger partial charge in [-0.15, -0.1) is 6.58 Å². The highest BCUT2D eigenvalue weighted by atomic mass is 19.4. The van der Waals surface area contributed by atoms with Crippen molar-refractivity contribution in [3.63, 3.8) is 0 Å². The van der Waals surface area contributed by atoms with E-state index in [1.165, 1.54) is 37.3 Å². The van der Waals surface area contributed by atoms with Crippen molar-refractivity contribution in [3.8, 4) is 0 Å². The van der Waals surface area contributed by atoms with Crippen molar-refractivity contribution in [3.05, 3.63) is 77.4 Å². The van der Waals surface area contributed by atoms with Crippen LogP contribution in [-0.4, -0.2) is 41.2 Å². The van der Waals surface area contributed by atoms with Gasteiger partial charge in [0.1, 0.15) is 0 Å². The molecule has 1 unspecified atom stereocenters. The zero-order valence-electron chi connectivity index (χ0n) is 16.7. The van der Waals surface area contributed by atoms with E-state index in [4.69, 9.17) is 4.74 Å². The van der Waals surface area contributed by atoms with E-state index < -0.39 is 41.5 Å². The molecule has 0 spiro atoms. The highest BCUT2D eigenvalue weighted by Crippen LogP contribution is 2.30. The smallest absolute Gasteiger partial charge is 0.416 e. The number of amides is 3. The molecule has 0 radical (unpaired) electrons. The second-order valence-electron chi connectivity index (χ2n) is 6.89. The topological polar surface area (TPSA) is 92.8 Å². The molecule has 3 rings (SSSR count). The van der Waals surface area contributed by atoms with Gasteiger partial charge in [-0.2, -0.15) is 13.2 Å². The lowest BCUT2D eigenvalue weighted by molar-refractivity contribution is -0.137. The highest BCUT2D eigenvalue weighted by molar-refractivity contribution is 6.22. The summed E-state index contributed by atoms with van der Waals surface area (Å²) in [5.74, 6) is -2.89. The van der Waals surface area contributed by atoms with E-state index in [0.717, 1.165) is 23.1 Å². The van der Waals surface area contributed by atoms with Gasteiger partial charge in [-0.25, -0.2) is 4.79 Å². The number of rotatable bonds is 6. The molecule has 1 atom stereocenters. The number of carbonyl (C=O) groups is 4. The summed E-state index contributed by atoms with van der Waals surface area (Å²) in [6.45, 7) is 4.74. The number of ether oxygens (including phenoxy) is 1. The maximum absolute atomic E-state index is 12.8. The van der Waals surface area contributed by atoms with E-state index >= 15 is 0 Å². The van der Waals surface area contributed by atoms with Crippen LogP contribution in [0, 0.1) is 0 Å². The number of benzene rings is 2. The maximum Gasteiger partial charge on any atom is 0.416 e.